The highest BCUT2D eigenvalue weighted by atomic mass is 127. The van der Waals surface area contributed by atoms with Gasteiger partial charge in [0.15, 0.2) is 5.96 Å². The maximum Gasteiger partial charge on any atom is 0.191 e. The molecule has 7 heteroatoms. The van der Waals surface area contributed by atoms with Crippen molar-refractivity contribution < 1.29 is 4.74 Å². The van der Waals surface area contributed by atoms with Crippen molar-refractivity contribution in [1.82, 2.24) is 15.6 Å². The van der Waals surface area contributed by atoms with Gasteiger partial charge in [-0.2, -0.15) is 0 Å². The first kappa shape index (κ1) is 22.7. The minimum Gasteiger partial charge on any atom is -0.496 e. The molecule has 2 N–H and O–H groups in total. The van der Waals surface area contributed by atoms with Gasteiger partial charge in [-0.1, -0.05) is 24.6 Å². The normalized spacial score (nSPS) is 11.0. The number of rotatable bonds is 8. The highest BCUT2D eigenvalue weighted by Crippen LogP contribution is 2.19. The van der Waals surface area contributed by atoms with Crippen molar-refractivity contribution in [3.63, 3.8) is 0 Å². The molecule has 0 bridgehead atoms. The Hall–Kier alpha value is -1.35. The molecular weight excluding hydrogens is 459 g/mol. The molecule has 0 aliphatic carbocycles. The molecule has 0 saturated heterocycles. The molecule has 0 spiro atoms. The van der Waals surface area contributed by atoms with Crippen molar-refractivity contribution in [2.75, 3.05) is 27.2 Å². The number of hydrogen-bond donors (Lipinski definition) is 2. The van der Waals surface area contributed by atoms with Crippen molar-refractivity contribution in [1.29, 1.82) is 0 Å². The number of aryl methyl sites for hydroxylation is 2. The van der Waals surface area contributed by atoms with Crippen molar-refractivity contribution in [2.24, 2.45) is 4.99 Å². The standard InChI is InChI=1S/C19H28N4OS.HI/c1-5-16-13-23-18(25-16)9-11-22-19(20-3)21-10-8-15-12-14(2)6-7-17(15)24-4;/h6-7,12-13H,5,8-11H2,1-4H3,(H2,20,21,22);1H. The summed E-state index contributed by atoms with van der Waals surface area (Å²) in [6.45, 7) is 5.88. The minimum absolute atomic E-state index is 0. The molecule has 0 radical (unpaired) electrons. The number of aliphatic imine (C=N–C) groups is 1. The van der Waals surface area contributed by atoms with Crippen LogP contribution in [0.5, 0.6) is 5.75 Å². The van der Waals surface area contributed by atoms with Crippen LogP contribution in [0.25, 0.3) is 0 Å². The maximum absolute atomic E-state index is 5.43. The van der Waals surface area contributed by atoms with Crippen LogP contribution in [0.15, 0.2) is 29.4 Å². The van der Waals surface area contributed by atoms with Gasteiger partial charge in [-0.05, 0) is 31.4 Å². The lowest BCUT2D eigenvalue weighted by molar-refractivity contribution is 0.409. The summed E-state index contributed by atoms with van der Waals surface area (Å²) in [5.41, 5.74) is 2.45. The summed E-state index contributed by atoms with van der Waals surface area (Å²) in [5.74, 6) is 1.75. The molecule has 2 rings (SSSR count). The zero-order chi connectivity index (χ0) is 18.1. The van der Waals surface area contributed by atoms with Gasteiger partial charge in [0.2, 0.25) is 0 Å². The Balaban J connectivity index is 0.00000338. The van der Waals surface area contributed by atoms with E-state index >= 15 is 0 Å². The van der Waals surface area contributed by atoms with E-state index in [1.807, 2.05) is 12.3 Å². The van der Waals surface area contributed by atoms with Gasteiger partial charge in [0.25, 0.3) is 0 Å². The van der Waals surface area contributed by atoms with Crippen molar-refractivity contribution >= 4 is 41.3 Å². The van der Waals surface area contributed by atoms with Gasteiger partial charge in [0.1, 0.15) is 5.75 Å². The van der Waals surface area contributed by atoms with E-state index in [1.54, 1.807) is 25.5 Å². The molecule has 5 nitrogen and oxygen atoms in total. The lowest BCUT2D eigenvalue weighted by Crippen LogP contribution is -2.39. The molecule has 0 aliphatic rings. The molecule has 144 valence electrons. The number of hydrogen-bond acceptors (Lipinski definition) is 4. The van der Waals surface area contributed by atoms with Crippen LogP contribution in [0.4, 0.5) is 0 Å². The highest BCUT2D eigenvalue weighted by molar-refractivity contribution is 14.0. The summed E-state index contributed by atoms with van der Waals surface area (Å²) >= 11 is 1.79. The van der Waals surface area contributed by atoms with Gasteiger partial charge >= 0.3 is 0 Å². The second-order valence-corrected chi connectivity index (χ2v) is 7.01. The Kier molecular flexibility index (Phi) is 10.6. The third kappa shape index (κ3) is 7.11. The number of nitrogens with zero attached hydrogens (tertiary/aromatic N) is 2. The van der Waals surface area contributed by atoms with E-state index in [2.05, 4.69) is 46.6 Å². The number of guanidine groups is 1. The Labute approximate surface area is 177 Å². The Morgan fingerprint density at radius 1 is 1.23 bits per heavy atom. The smallest absolute Gasteiger partial charge is 0.191 e. The quantitative estimate of drug-likeness (QED) is 0.339. The fraction of sp³-hybridized carbons (Fsp3) is 0.474. The number of benzene rings is 1. The van der Waals surface area contributed by atoms with Gasteiger partial charge in [0.05, 0.1) is 12.1 Å². The van der Waals surface area contributed by atoms with E-state index in [0.717, 1.165) is 44.1 Å². The Morgan fingerprint density at radius 3 is 2.58 bits per heavy atom. The summed E-state index contributed by atoms with van der Waals surface area (Å²) in [6.07, 6.45) is 4.83. The fourth-order valence-corrected chi connectivity index (χ4v) is 3.42. The SMILES string of the molecule is CCc1cnc(CCNC(=NC)NCCc2cc(C)ccc2OC)s1.I. The van der Waals surface area contributed by atoms with Crippen LogP contribution in [-0.2, 0) is 19.3 Å². The summed E-state index contributed by atoms with van der Waals surface area (Å²) in [6, 6.07) is 6.26. The first-order valence-corrected chi connectivity index (χ1v) is 9.49. The molecule has 1 aromatic heterocycles. The minimum atomic E-state index is 0. The summed E-state index contributed by atoms with van der Waals surface area (Å²) < 4.78 is 5.43. The van der Waals surface area contributed by atoms with Crippen LogP contribution in [0.1, 0.15) is 27.9 Å². The van der Waals surface area contributed by atoms with Gasteiger partial charge in [-0.3, -0.25) is 4.99 Å². The van der Waals surface area contributed by atoms with Crippen molar-refractivity contribution in [2.45, 2.75) is 33.1 Å². The molecule has 2 aromatic rings. The van der Waals surface area contributed by atoms with Gasteiger partial charge in [0, 0.05) is 37.6 Å². The number of nitrogens with one attached hydrogen (secondary N) is 2. The van der Waals surface area contributed by atoms with Crippen LogP contribution < -0.4 is 15.4 Å². The topological polar surface area (TPSA) is 58.5 Å². The average Bonchev–Trinajstić information content (AvgIpc) is 3.08. The predicted octanol–water partition coefficient (Wildman–Crippen LogP) is 3.59. The zero-order valence-corrected chi connectivity index (χ0v) is 19.1. The largest absolute Gasteiger partial charge is 0.496 e. The van der Waals surface area contributed by atoms with Crippen LogP contribution in [0, 0.1) is 6.92 Å². The molecule has 1 aromatic carbocycles. The van der Waals surface area contributed by atoms with E-state index in [9.17, 15) is 0 Å². The zero-order valence-electron chi connectivity index (χ0n) is 16.0. The van der Waals surface area contributed by atoms with Crippen LogP contribution in [0.2, 0.25) is 0 Å². The maximum atomic E-state index is 5.43. The van der Waals surface area contributed by atoms with Gasteiger partial charge < -0.3 is 15.4 Å². The number of thiazole rings is 1. The van der Waals surface area contributed by atoms with Crippen LogP contribution in [0.3, 0.4) is 0 Å². The second-order valence-electron chi connectivity index (χ2n) is 5.81. The lowest BCUT2D eigenvalue weighted by Gasteiger charge is -2.13. The molecule has 0 atom stereocenters. The van der Waals surface area contributed by atoms with E-state index in [-0.39, 0.29) is 24.0 Å². The molecule has 0 amide bonds. The Bertz CT molecular complexity index is 703. The highest BCUT2D eigenvalue weighted by Gasteiger charge is 2.05. The van der Waals surface area contributed by atoms with Gasteiger partial charge in [-0.15, -0.1) is 35.3 Å². The van der Waals surface area contributed by atoms with E-state index in [0.29, 0.717) is 0 Å². The van der Waals surface area contributed by atoms with Crippen LogP contribution in [-0.4, -0.2) is 38.2 Å². The third-order valence-corrected chi connectivity index (χ3v) is 5.13. The third-order valence-electron chi connectivity index (χ3n) is 3.93. The van der Waals surface area contributed by atoms with Crippen molar-refractivity contribution in [3.8, 4) is 5.75 Å². The molecule has 0 aliphatic heterocycles. The van der Waals surface area contributed by atoms with Gasteiger partial charge in [-0.25, -0.2) is 4.98 Å². The average molecular weight is 488 g/mol. The number of aromatic nitrogens is 1. The summed E-state index contributed by atoms with van der Waals surface area (Å²) in [5, 5.41) is 7.87. The number of methoxy groups -OCH3 is 1. The second kappa shape index (κ2) is 12.1. The Morgan fingerprint density at radius 2 is 1.96 bits per heavy atom. The molecule has 26 heavy (non-hydrogen) atoms. The number of halogens is 1. The first-order chi connectivity index (χ1) is 12.2. The molecule has 0 saturated carbocycles. The number of ether oxygens (including phenoxy) is 1. The summed E-state index contributed by atoms with van der Waals surface area (Å²) in [4.78, 5) is 10.1. The lowest BCUT2D eigenvalue weighted by atomic mass is 10.1. The predicted molar refractivity (Wildman–Crippen MR) is 121 cm³/mol. The van der Waals surface area contributed by atoms with Crippen LogP contribution >= 0.6 is 35.3 Å². The summed E-state index contributed by atoms with van der Waals surface area (Å²) in [7, 11) is 3.51. The molecular formula is C19H29IN4OS. The van der Waals surface area contributed by atoms with E-state index in [1.165, 1.54) is 21.0 Å². The first-order valence-electron chi connectivity index (χ1n) is 8.67. The van der Waals surface area contributed by atoms with E-state index < -0.39 is 0 Å². The van der Waals surface area contributed by atoms with Crippen molar-refractivity contribution in [3.05, 3.63) is 45.4 Å². The monoisotopic (exact) mass is 488 g/mol. The molecule has 0 unspecified atom stereocenters. The molecule has 0 fully saturated rings. The fourth-order valence-electron chi connectivity index (χ4n) is 2.55. The van der Waals surface area contributed by atoms with E-state index in [4.69, 9.17) is 4.74 Å². The molecule has 1 heterocycles.